The van der Waals surface area contributed by atoms with Gasteiger partial charge in [-0.25, -0.2) is 4.79 Å². The minimum absolute atomic E-state index is 0.0936. The van der Waals surface area contributed by atoms with Gasteiger partial charge in [-0.05, 0) is 60.7 Å². The molecular weight excluding hydrogens is 388 g/mol. The molecule has 0 aliphatic rings. The first-order chi connectivity index (χ1) is 15.0. The highest BCUT2D eigenvalue weighted by Crippen LogP contribution is 2.25. The molecule has 0 fully saturated rings. The fourth-order valence-electron chi connectivity index (χ4n) is 3.61. The summed E-state index contributed by atoms with van der Waals surface area (Å²) in [5, 5.41) is 3.78. The summed E-state index contributed by atoms with van der Waals surface area (Å²) >= 11 is 0. The molecule has 2 N–H and O–H groups in total. The molecule has 0 atom stereocenters. The number of carbonyl (C=O) groups is 1. The summed E-state index contributed by atoms with van der Waals surface area (Å²) in [4.78, 5) is 26.7. The second kappa shape index (κ2) is 8.88. The zero-order valence-electron chi connectivity index (χ0n) is 17.5. The first-order valence-corrected chi connectivity index (χ1v) is 10.3. The summed E-state index contributed by atoms with van der Waals surface area (Å²) in [6.45, 7) is 3.62. The number of hydrogen-bond donors (Lipinski definition) is 2. The van der Waals surface area contributed by atoms with Gasteiger partial charge in [-0.1, -0.05) is 54.6 Å². The van der Waals surface area contributed by atoms with E-state index in [0.717, 1.165) is 33.2 Å². The summed E-state index contributed by atoms with van der Waals surface area (Å²) < 4.78 is 5.11. The maximum atomic E-state index is 12.1. The predicted molar refractivity (Wildman–Crippen MR) is 124 cm³/mol. The lowest BCUT2D eigenvalue weighted by molar-refractivity contribution is 0.130. The predicted octanol–water partition coefficient (Wildman–Crippen LogP) is 5.74. The minimum atomic E-state index is -0.463. The lowest BCUT2D eigenvalue weighted by Gasteiger charge is -2.11. The van der Waals surface area contributed by atoms with E-state index in [1.165, 1.54) is 0 Å². The van der Waals surface area contributed by atoms with E-state index in [9.17, 15) is 9.59 Å². The van der Waals surface area contributed by atoms with Crippen molar-refractivity contribution in [1.82, 2.24) is 4.98 Å². The summed E-state index contributed by atoms with van der Waals surface area (Å²) in [5.41, 5.74) is 5.67. The van der Waals surface area contributed by atoms with Crippen LogP contribution in [0.15, 0.2) is 83.7 Å². The number of fused-ring (bicyclic) bond motifs is 1. The molecule has 0 bridgehead atoms. The Morgan fingerprint density at radius 3 is 2.48 bits per heavy atom. The van der Waals surface area contributed by atoms with Crippen molar-refractivity contribution in [2.24, 2.45) is 0 Å². The maximum absolute atomic E-state index is 12.1. The second-order valence-electron chi connectivity index (χ2n) is 7.74. The Balaban J connectivity index is 1.55. The Morgan fingerprint density at radius 2 is 1.71 bits per heavy atom. The topological polar surface area (TPSA) is 71.2 Å². The van der Waals surface area contributed by atoms with Crippen molar-refractivity contribution in [2.75, 3.05) is 5.32 Å². The molecule has 0 unspecified atom stereocenters. The molecule has 3 aromatic carbocycles. The number of pyridine rings is 1. The Kier molecular flexibility index (Phi) is 5.85. The number of rotatable bonds is 5. The lowest BCUT2D eigenvalue weighted by Crippen LogP contribution is -2.17. The second-order valence-corrected chi connectivity index (χ2v) is 7.74. The molecule has 4 rings (SSSR count). The zero-order chi connectivity index (χ0) is 21.8. The average Bonchev–Trinajstić information content (AvgIpc) is 2.74. The van der Waals surface area contributed by atoms with E-state index in [2.05, 4.69) is 28.5 Å². The van der Waals surface area contributed by atoms with Gasteiger partial charge in [-0.2, -0.15) is 0 Å². The number of para-hydroxylation sites is 1. The average molecular weight is 412 g/mol. The van der Waals surface area contributed by atoms with Gasteiger partial charge in [0, 0.05) is 22.7 Å². The Hall–Kier alpha value is -3.86. The number of carbonyl (C=O) groups excluding carboxylic acids is 1. The number of aromatic nitrogens is 1. The van der Waals surface area contributed by atoms with E-state index in [1.807, 2.05) is 68.4 Å². The standard InChI is InChI=1S/C26H24N2O3/c1-17(2)31-26(30)27-22-12-10-19(11-13-22)20-7-5-6-18(14-20)15-21-16-25(29)28-24-9-4-3-8-23(21)24/h3-14,16-17H,15H2,1-2H3,(H,27,30)(H,28,29). The Bertz CT molecular complexity index is 1270. The van der Waals surface area contributed by atoms with E-state index < -0.39 is 6.09 Å². The summed E-state index contributed by atoms with van der Waals surface area (Å²) in [6.07, 6.45) is 0.0352. The SMILES string of the molecule is CC(C)OC(=O)Nc1ccc(-c2cccc(Cc3cc(=O)[nH]c4ccccc34)c2)cc1. The molecule has 0 saturated carbocycles. The van der Waals surface area contributed by atoms with E-state index in [1.54, 1.807) is 6.07 Å². The Morgan fingerprint density at radius 1 is 0.935 bits per heavy atom. The van der Waals surface area contributed by atoms with Gasteiger partial charge >= 0.3 is 6.09 Å². The first-order valence-electron chi connectivity index (χ1n) is 10.3. The number of H-pyrrole nitrogens is 1. The third kappa shape index (κ3) is 5.01. The van der Waals surface area contributed by atoms with E-state index in [4.69, 9.17) is 4.74 Å². The molecule has 5 nitrogen and oxygen atoms in total. The van der Waals surface area contributed by atoms with Crippen molar-refractivity contribution in [3.8, 4) is 11.1 Å². The lowest BCUT2D eigenvalue weighted by atomic mass is 9.97. The largest absolute Gasteiger partial charge is 0.447 e. The van der Waals surface area contributed by atoms with Gasteiger partial charge in [0.25, 0.3) is 0 Å². The number of amides is 1. The Labute approximate surface area is 180 Å². The van der Waals surface area contributed by atoms with Gasteiger partial charge in [0.1, 0.15) is 0 Å². The summed E-state index contributed by atoms with van der Waals surface area (Å²) in [6, 6.07) is 25.4. The summed E-state index contributed by atoms with van der Waals surface area (Å²) in [7, 11) is 0. The van der Waals surface area contributed by atoms with E-state index in [-0.39, 0.29) is 11.7 Å². The minimum Gasteiger partial charge on any atom is -0.447 e. The van der Waals surface area contributed by atoms with Crippen LogP contribution in [0.4, 0.5) is 10.5 Å². The normalized spacial score (nSPS) is 10.9. The smallest absolute Gasteiger partial charge is 0.411 e. The van der Waals surface area contributed by atoms with Gasteiger partial charge in [0.2, 0.25) is 5.56 Å². The van der Waals surface area contributed by atoms with Crippen molar-refractivity contribution in [3.05, 3.63) is 100 Å². The van der Waals surface area contributed by atoms with Gasteiger partial charge in [-0.3, -0.25) is 10.1 Å². The van der Waals surface area contributed by atoms with Gasteiger partial charge in [0.15, 0.2) is 0 Å². The van der Waals surface area contributed by atoms with Crippen LogP contribution in [0.2, 0.25) is 0 Å². The van der Waals surface area contributed by atoms with Crippen molar-refractivity contribution >= 4 is 22.7 Å². The molecule has 0 radical (unpaired) electrons. The first kappa shape index (κ1) is 20.4. The monoisotopic (exact) mass is 412 g/mol. The van der Waals surface area contributed by atoms with Crippen molar-refractivity contribution in [2.45, 2.75) is 26.4 Å². The molecule has 0 aliphatic heterocycles. The van der Waals surface area contributed by atoms with Crippen LogP contribution in [-0.4, -0.2) is 17.2 Å². The molecule has 31 heavy (non-hydrogen) atoms. The van der Waals surface area contributed by atoms with Crippen LogP contribution in [-0.2, 0) is 11.2 Å². The number of aromatic amines is 1. The highest BCUT2D eigenvalue weighted by molar-refractivity contribution is 5.85. The van der Waals surface area contributed by atoms with Crippen LogP contribution < -0.4 is 10.9 Å². The number of ether oxygens (including phenoxy) is 1. The van der Waals surface area contributed by atoms with Crippen LogP contribution in [0.25, 0.3) is 22.0 Å². The molecule has 1 amide bonds. The molecule has 0 saturated heterocycles. The molecule has 1 aromatic heterocycles. The number of benzene rings is 3. The molecule has 0 spiro atoms. The van der Waals surface area contributed by atoms with Gasteiger partial charge in [0.05, 0.1) is 6.10 Å². The van der Waals surface area contributed by atoms with Crippen LogP contribution in [0.3, 0.4) is 0 Å². The van der Waals surface area contributed by atoms with Gasteiger partial charge in [-0.15, -0.1) is 0 Å². The quantitative estimate of drug-likeness (QED) is 0.439. The third-order valence-corrected chi connectivity index (χ3v) is 4.97. The third-order valence-electron chi connectivity index (χ3n) is 4.97. The molecule has 156 valence electrons. The van der Waals surface area contributed by atoms with Crippen LogP contribution in [0.5, 0.6) is 0 Å². The molecule has 1 heterocycles. The number of hydrogen-bond acceptors (Lipinski definition) is 3. The fraction of sp³-hybridized carbons (Fsp3) is 0.154. The van der Waals surface area contributed by atoms with Crippen LogP contribution in [0.1, 0.15) is 25.0 Å². The van der Waals surface area contributed by atoms with Crippen LogP contribution >= 0.6 is 0 Å². The van der Waals surface area contributed by atoms with E-state index in [0.29, 0.717) is 12.1 Å². The van der Waals surface area contributed by atoms with Gasteiger partial charge < -0.3 is 9.72 Å². The number of anilines is 1. The molecule has 4 aromatic rings. The van der Waals surface area contributed by atoms with E-state index >= 15 is 0 Å². The molecule has 5 heteroatoms. The maximum Gasteiger partial charge on any atom is 0.411 e. The highest BCUT2D eigenvalue weighted by atomic mass is 16.6. The van der Waals surface area contributed by atoms with Crippen molar-refractivity contribution in [1.29, 1.82) is 0 Å². The molecule has 0 aliphatic carbocycles. The zero-order valence-corrected chi connectivity index (χ0v) is 17.5. The number of nitrogens with one attached hydrogen (secondary N) is 2. The van der Waals surface area contributed by atoms with Crippen molar-refractivity contribution < 1.29 is 9.53 Å². The van der Waals surface area contributed by atoms with Crippen LogP contribution in [0, 0.1) is 0 Å². The summed E-state index contributed by atoms with van der Waals surface area (Å²) in [5.74, 6) is 0. The fourth-order valence-corrected chi connectivity index (χ4v) is 3.61. The van der Waals surface area contributed by atoms with Crippen molar-refractivity contribution in [3.63, 3.8) is 0 Å². The highest BCUT2D eigenvalue weighted by Gasteiger charge is 2.08. The molecular formula is C26H24N2O3.